The standard InChI is InChI=1S/C17H23N5O2/c1-9-7-12(11(3)24-9)10(2)19-16-20-14-13(15(23)21-16)8-18-22(14)17(4,5)6/h7-8,10H,1-6H3,(H2,19,20,21,23). The van der Waals surface area contributed by atoms with Gasteiger partial charge in [-0.15, -0.1) is 0 Å². The highest BCUT2D eigenvalue weighted by molar-refractivity contribution is 5.74. The van der Waals surface area contributed by atoms with Crippen molar-refractivity contribution in [2.24, 2.45) is 0 Å². The molecule has 0 spiro atoms. The first-order chi connectivity index (χ1) is 11.2. The highest BCUT2D eigenvalue weighted by atomic mass is 16.3. The molecule has 24 heavy (non-hydrogen) atoms. The van der Waals surface area contributed by atoms with Crippen LogP contribution in [0.4, 0.5) is 5.95 Å². The lowest BCUT2D eigenvalue weighted by Crippen LogP contribution is -2.24. The van der Waals surface area contributed by atoms with Gasteiger partial charge in [0, 0.05) is 5.56 Å². The smallest absolute Gasteiger partial charge is 0.263 e. The number of nitrogens with zero attached hydrogens (tertiary/aromatic N) is 3. The van der Waals surface area contributed by atoms with Crippen LogP contribution in [-0.4, -0.2) is 19.7 Å². The molecule has 1 atom stereocenters. The van der Waals surface area contributed by atoms with Gasteiger partial charge < -0.3 is 9.73 Å². The third-order valence-electron chi connectivity index (χ3n) is 3.97. The molecule has 0 fully saturated rings. The van der Waals surface area contributed by atoms with Gasteiger partial charge in [-0.3, -0.25) is 9.78 Å². The lowest BCUT2D eigenvalue weighted by atomic mass is 10.1. The minimum atomic E-state index is -0.260. The molecule has 7 heteroatoms. The van der Waals surface area contributed by atoms with E-state index >= 15 is 0 Å². The van der Waals surface area contributed by atoms with Crippen molar-refractivity contribution >= 4 is 17.0 Å². The number of hydrogen-bond acceptors (Lipinski definition) is 5. The van der Waals surface area contributed by atoms with Crippen LogP contribution < -0.4 is 10.9 Å². The monoisotopic (exact) mass is 329 g/mol. The molecule has 3 heterocycles. The summed E-state index contributed by atoms with van der Waals surface area (Å²) < 4.78 is 7.34. The van der Waals surface area contributed by atoms with Crippen LogP contribution in [-0.2, 0) is 5.54 Å². The van der Waals surface area contributed by atoms with Gasteiger partial charge in [0.1, 0.15) is 16.9 Å². The van der Waals surface area contributed by atoms with E-state index in [4.69, 9.17) is 4.42 Å². The first kappa shape index (κ1) is 16.3. The summed E-state index contributed by atoms with van der Waals surface area (Å²) in [6.07, 6.45) is 1.56. The lowest BCUT2D eigenvalue weighted by Gasteiger charge is -2.20. The molecule has 0 aliphatic carbocycles. The summed E-state index contributed by atoms with van der Waals surface area (Å²) in [6.45, 7) is 11.9. The van der Waals surface area contributed by atoms with Crippen LogP contribution in [0.2, 0.25) is 0 Å². The van der Waals surface area contributed by atoms with Crippen molar-refractivity contribution in [1.29, 1.82) is 0 Å². The van der Waals surface area contributed by atoms with E-state index in [1.807, 2.05) is 47.6 Å². The van der Waals surface area contributed by atoms with Crippen molar-refractivity contribution in [1.82, 2.24) is 19.7 Å². The zero-order valence-corrected chi connectivity index (χ0v) is 14.9. The molecule has 3 rings (SSSR count). The fourth-order valence-electron chi connectivity index (χ4n) is 2.84. The summed E-state index contributed by atoms with van der Waals surface area (Å²) in [7, 11) is 0. The molecule has 0 aromatic carbocycles. The summed E-state index contributed by atoms with van der Waals surface area (Å²) in [5.74, 6) is 2.14. The number of aryl methyl sites for hydroxylation is 2. The van der Waals surface area contributed by atoms with Crippen LogP contribution in [0.5, 0.6) is 0 Å². The average Bonchev–Trinajstić information content (AvgIpc) is 3.01. The molecule has 0 radical (unpaired) electrons. The van der Waals surface area contributed by atoms with Crippen LogP contribution in [0.3, 0.4) is 0 Å². The van der Waals surface area contributed by atoms with Crippen LogP contribution in [0, 0.1) is 13.8 Å². The SMILES string of the molecule is Cc1cc(C(C)Nc2nc3c(cnn3C(C)(C)C)c(=O)[nH]2)c(C)o1. The molecule has 3 aromatic rings. The van der Waals surface area contributed by atoms with Crippen molar-refractivity contribution in [3.63, 3.8) is 0 Å². The molecule has 0 saturated carbocycles. The van der Waals surface area contributed by atoms with Crippen molar-refractivity contribution in [3.05, 3.63) is 39.7 Å². The number of aromatic amines is 1. The van der Waals surface area contributed by atoms with Gasteiger partial charge in [0.05, 0.1) is 17.8 Å². The Morgan fingerprint density at radius 2 is 2.04 bits per heavy atom. The van der Waals surface area contributed by atoms with E-state index in [0.717, 1.165) is 17.1 Å². The maximum atomic E-state index is 12.3. The van der Waals surface area contributed by atoms with Gasteiger partial charge in [0.25, 0.3) is 5.56 Å². The predicted molar refractivity (Wildman–Crippen MR) is 93.4 cm³/mol. The second kappa shape index (κ2) is 5.51. The summed E-state index contributed by atoms with van der Waals surface area (Å²) in [5.41, 5.74) is 1.15. The maximum Gasteiger partial charge on any atom is 0.263 e. The Bertz CT molecular complexity index is 942. The Hall–Kier alpha value is -2.57. The van der Waals surface area contributed by atoms with Crippen LogP contribution >= 0.6 is 0 Å². The number of furan rings is 1. The predicted octanol–water partition coefficient (Wildman–Crippen LogP) is 3.26. The molecule has 3 aromatic heterocycles. The molecule has 0 aliphatic heterocycles. The number of nitrogens with one attached hydrogen (secondary N) is 2. The minimum Gasteiger partial charge on any atom is -0.466 e. The number of rotatable bonds is 3. The van der Waals surface area contributed by atoms with Crippen LogP contribution in [0.25, 0.3) is 11.0 Å². The van der Waals surface area contributed by atoms with E-state index in [-0.39, 0.29) is 17.1 Å². The maximum absolute atomic E-state index is 12.3. The zero-order chi connectivity index (χ0) is 17.6. The Labute approximate surface area is 140 Å². The minimum absolute atomic E-state index is 0.0472. The van der Waals surface area contributed by atoms with Gasteiger partial charge in [-0.2, -0.15) is 10.1 Å². The van der Waals surface area contributed by atoms with Gasteiger partial charge >= 0.3 is 0 Å². The number of hydrogen-bond donors (Lipinski definition) is 2. The number of fused-ring (bicyclic) bond motifs is 1. The first-order valence-electron chi connectivity index (χ1n) is 7.99. The molecule has 2 N–H and O–H groups in total. The fourth-order valence-corrected chi connectivity index (χ4v) is 2.84. The molecule has 128 valence electrons. The topological polar surface area (TPSA) is 88.7 Å². The molecule has 1 unspecified atom stereocenters. The van der Waals surface area contributed by atoms with Gasteiger partial charge in [-0.25, -0.2) is 4.68 Å². The second-order valence-electron chi connectivity index (χ2n) is 7.11. The Morgan fingerprint density at radius 3 is 2.62 bits per heavy atom. The zero-order valence-electron chi connectivity index (χ0n) is 14.9. The number of aromatic nitrogens is 4. The summed E-state index contributed by atoms with van der Waals surface area (Å²) in [6, 6.07) is 1.94. The molecular weight excluding hydrogens is 306 g/mol. The Kier molecular flexibility index (Phi) is 3.74. The molecule has 7 nitrogen and oxygen atoms in total. The largest absolute Gasteiger partial charge is 0.466 e. The van der Waals surface area contributed by atoms with E-state index in [1.54, 1.807) is 10.9 Å². The number of H-pyrrole nitrogens is 1. The summed E-state index contributed by atoms with van der Waals surface area (Å²) >= 11 is 0. The Morgan fingerprint density at radius 1 is 1.33 bits per heavy atom. The van der Waals surface area contributed by atoms with E-state index in [2.05, 4.69) is 20.4 Å². The van der Waals surface area contributed by atoms with Gasteiger partial charge in [0.2, 0.25) is 5.95 Å². The van der Waals surface area contributed by atoms with Crippen molar-refractivity contribution < 1.29 is 4.42 Å². The summed E-state index contributed by atoms with van der Waals surface area (Å²) in [4.78, 5) is 19.7. The van der Waals surface area contributed by atoms with Crippen molar-refractivity contribution in [3.8, 4) is 0 Å². The molecule has 0 aliphatic rings. The van der Waals surface area contributed by atoms with Gasteiger partial charge in [0.15, 0.2) is 5.65 Å². The first-order valence-corrected chi connectivity index (χ1v) is 7.99. The third-order valence-corrected chi connectivity index (χ3v) is 3.97. The average molecular weight is 329 g/mol. The fraction of sp³-hybridized carbons (Fsp3) is 0.471. The second-order valence-corrected chi connectivity index (χ2v) is 7.11. The number of anilines is 1. The van der Waals surface area contributed by atoms with E-state index in [9.17, 15) is 4.79 Å². The van der Waals surface area contributed by atoms with E-state index in [1.165, 1.54) is 0 Å². The van der Waals surface area contributed by atoms with E-state index in [0.29, 0.717) is 17.0 Å². The van der Waals surface area contributed by atoms with Crippen LogP contribution in [0.15, 0.2) is 21.5 Å². The lowest BCUT2D eigenvalue weighted by molar-refractivity contribution is 0.366. The summed E-state index contributed by atoms with van der Waals surface area (Å²) in [5, 5.41) is 8.05. The van der Waals surface area contributed by atoms with Gasteiger partial charge in [-0.05, 0) is 47.6 Å². The quantitative estimate of drug-likeness (QED) is 0.770. The van der Waals surface area contributed by atoms with Crippen molar-refractivity contribution in [2.45, 2.75) is 53.1 Å². The van der Waals surface area contributed by atoms with Gasteiger partial charge in [-0.1, -0.05) is 0 Å². The van der Waals surface area contributed by atoms with Crippen molar-refractivity contribution in [2.75, 3.05) is 5.32 Å². The normalized spacial score (nSPS) is 13.4. The van der Waals surface area contributed by atoms with Crippen LogP contribution in [0.1, 0.15) is 50.8 Å². The Balaban J connectivity index is 2.01. The van der Waals surface area contributed by atoms with E-state index < -0.39 is 0 Å². The molecular formula is C17H23N5O2. The highest BCUT2D eigenvalue weighted by Gasteiger charge is 2.20. The molecule has 0 amide bonds. The molecule has 0 saturated heterocycles. The third kappa shape index (κ3) is 2.81. The highest BCUT2D eigenvalue weighted by Crippen LogP contribution is 2.24. The molecule has 0 bridgehead atoms.